The molecule has 0 saturated heterocycles. The highest BCUT2D eigenvalue weighted by molar-refractivity contribution is 6.40. The minimum atomic E-state index is -0.381. The molecule has 2 aromatic carbocycles. The van der Waals surface area contributed by atoms with Crippen LogP contribution in [0.3, 0.4) is 0 Å². The van der Waals surface area contributed by atoms with Crippen LogP contribution in [0.2, 0.25) is 20.1 Å². The van der Waals surface area contributed by atoms with Crippen LogP contribution in [-0.2, 0) is 4.79 Å². The van der Waals surface area contributed by atoms with Gasteiger partial charge in [0.15, 0.2) is 0 Å². The number of aromatic nitrogens is 2. The summed E-state index contributed by atoms with van der Waals surface area (Å²) < 4.78 is 1.22. The zero-order valence-electron chi connectivity index (χ0n) is 20.3. The highest BCUT2D eigenvalue weighted by Crippen LogP contribution is 2.32. The van der Waals surface area contributed by atoms with E-state index in [4.69, 9.17) is 46.4 Å². The summed E-state index contributed by atoms with van der Waals surface area (Å²) in [5, 5.41) is 10.3. The summed E-state index contributed by atoms with van der Waals surface area (Å²) in [5.74, 6) is 0.316. The molecule has 0 saturated carbocycles. The molecule has 1 aromatic heterocycles. The molecule has 3 aromatic rings. The van der Waals surface area contributed by atoms with Gasteiger partial charge in [0.05, 0.1) is 20.8 Å². The standard InChI is InChI=1S/C26H30Cl4N4O2/c1-3-5-6-7-8-9-16(4-2)26(36)31-18-10-11-19(28)22(14-18)32-23-15-24(35)34(33-23)25-20(29)12-17(27)13-21(25)30/h10-16,32-33H,3-9H2,1-2H3,(H,31,36). The Labute approximate surface area is 231 Å². The maximum atomic E-state index is 12.9. The summed E-state index contributed by atoms with van der Waals surface area (Å²) in [7, 11) is 0. The second-order valence-corrected chi connectivity index (χ2v) is 10.3. The number of carbonyl (C=O) groups is 1. The van der Waals surface area contributed by atoms with Crippen LogP contribution in [0.1, 0.15) is 58.8 Å². The molecule has 194 valence electrons. The van der Waals surface area contributed by atoms with Crippen molar-refractivity contribution >= 4 is 69.5 Å². The first-order valence-electron chi connectivity index (χ1n) is 12.1. The van der Waals surface area contributed by atoms with Crippen molar-refractivity contribution < 1.29 is 4.79 Å². The number of hydrogen-bond acceptors (Lipinski definition) is 3. The van der Waals surface area contributed by atoms with Crippen LogP contribution in [0, 0.1) is 5.92 Å². The normalized spacial score (nSPS) is 11.9. The van der Waals surface area contributed by atoms with E-state index < -0.39 is 0 Å². The minimum Gasteiger partial charge on any atom is -0.339 e. The number of halogens is 4. The number of rotatable bonds is 12. The number of nitrogens with one attached hydrogen (secondary N) is 3. The summed E-state index contributed by atoms with van der Waals surface area (Å²) in [4.78, 5) is 25.5. The Morgan fingerprint density at radius 2 is 1.64 bits per heavy atom. The van der Waals surface area contributed by atoms with Gasteiger partial charge in [-0.1, -0.05) is 92.4 Å². The molecule has 0 fully saturated rings. The van der Waals surface area contributed by atoms with Crippen LogP contribution in [0.15, 0.2) is 41.2 Å². The number of H-pyrrole nitrogens is 1. The van der Waals surface area contributed by atoms with Crippen molar-refractivity contribution in [3.63, 3.8) is 0 Å². The van der Waals surface area contributed by atoms with E-state index in [1.807, 2.05) is 6.92 Å². The number of nitrogens with zero attached hydrogens (tertiary/aromatic N) is 1. The first-order chi connectivity index (χ1) is 17.2. The molecule has 1 atom stereocenters. The Balaban J connectivity index is 1.73. The number of amides is 1. The average molecular weight is 572 g/mol. The third-order valence-electron chi connectivity index (χ3n) is 5.95. The SMILES string of the molecule is CCCCCCCC(CC)C(=O)Nc1ccc(Cl)c(Nc2cc(=O)n(-c3c(Cl)cc(Cl)cc3Cl)[nH]2)c1. The molecular weight excluding hydrogens is 542 g/mol. The zero-order chi connectivity index (χ0) is 26.2. The van der Waals surface area contributed by atoms with E-state index in [1.54, 1.807) is 18.2 Å². The Bertz CT molecular complexity index is 1230. The van der Waals surface area contributed by atoms with E-state index in [0.29, 0.717) is 27.2 Å². The summed E-state index contributed by atoms with van der Waals surface area (Å²) in [6.45, 7) is 4.22. The molecule has 0 aliphatic heterocycles. The van der Waals surface area contributed by atoms with E-state index in [1.165, 1.54) is 42.1 Å². The van der Waals surface area contributed by atoms with Crippen molar-refractivity contribution in [2.24, 2.45) is 5.92 Å². The molecule has 3 rings (SSSR count). The fourth-order valence-corrected chi connectivity index (χ4v) is 5.13. The van der Waals surface area contributed by atoms with Crippen molar-refractivity contribution in [2.45, 2.75) is 58.8 Å². The number of hydrogen-bond donors (Lipinski definition) is 3. The lowest BCUT2D eigenvalue weighted by molar-refractivity contribution is -0.120. The second-order valence-electron chi connectivity index (χ2n) is 8.68. The Kier molecular flexibility index (Phi) is 10.6. The second kappa shape index (κ2) is 13.4. The molecule has 0 radical (unpaired) electrons. The Hall–Kier alpha value is -2.12. The van der Waals surface area contributed by atoms with E-state index in [2.05, 4.69) is 22.7 Å². The van der Waals surface area contributed by atoms with Gasteiger partial charge in [0.2, 0.25) is 5.91 Å². The summed E-state index contributed by atoms with van der Waals surface area (Å²) in [5.41, 5.74) is 1.04. The topological polar surface area (TPSA) is 78.9 Å². The minimum absolute atomic E-state index is 0.00662. The molecular formula is C26H30Cl4N4O2. The van der Waals surface area contributed by atoms with E-state index >= 15 is 0 Å². The van der Waals surface area contributed by atoms with Crippen molar-refractivity contribution in [1.29, 1.82) is 0 Å². The van der Waals surface area contributed by atoms with Crippen molar-refractivity contribution in [1.82, 2.24) is 9.78 Å². The maximum absolute atomic E-state index is 12.9. The van der Waals surface area contributed by atoms with E-state index in [-0.39, 0.29) is 33.1 Å². The molecule has 0 aliphatic carbocycles. The third kappa shape index (κ3) is 7.45. The van der Waals surface area contributed by atoms with Crippen molar-refractivity contribution in [2.75, 3.05) is 10.6 Å². The maximum Gasteiger partial charge on any atom is 0.273 e. The molecule has 1 heterocycles. The van der Waals surface area contributed by atoms with Gasteiger partial charge in [-0.25, -0.2) is 4.68 Å². The molecule has 0 spiro atoms. The van der Waals surface area contributed by atoms with Crippen LogP contribution in [0.25, 0.3) is 5.69 Å². The van der Waals surface area contributed by atoms with Gasteiger partial charge in [0.25, 0.3) is 5.56 Å². The number of benzene rings is 2. The van der Waals surface area contributed by atoms with E-state index in [0.717, 1.165) is 25.7 Å². The van der Waals surface area contributed by atoms with Crippen molar-refractivity contribution in [3.8, 4) is 5.69 Å². The molecule has 3 N–H and O–H groups in total. The highest BCUT2D eigenvalue weighted by atomic mass is 35.5. The summed E-state index contributed by atoms with van der Waals surface area (Å²) in [6, 6.07) is 9.53. The first kappa shape index (κ1) is 28.5. The number of unbranched alkanes of at least 4 members (excludes halogenated alkanes) is 4. The molecule has 1 unspecified atom stereocenters. The van der Waals surface area contributed by atoms with Crippen LogP contribution >= 0.6 is 46.4 Å². The predicted octanol–water partition coefficient (Wildman–Crippen LogP) is 8.85. The third-order valence-corrected chi connectivity index (χ3v) is 7.07. The molecule has 6 nitrogen and oxygen atoms in total. The summed E-state index contributed by atoms with van der Waals surface area (Å²) in [6.07, 6.45) is 7.49. The zero-order valence-corrected chi connectivity index (χ0v) is 23.3. The Morgan fingerprint density at radius 1 is 0.944 bits per heavy atom. The number of carbonyl (C=O) groups excluding carboxylic acids is 1. The monoisotopic (exact) mass is 570 g/mol. The summed E-state index contributed by atoms with van der Waals surface area (Å²) >= 11 is 24.9. The first-order valence-corrected chi connectivity index (χ1v) is 13.6. The van der Waals surface area contributed by atoms with Crippen molar-refractivity contribution in [3.05, 3.63) is 66.8 Å². The molecule has 0 aliphatic rings. The van der Waals surface area contributed by atoms with Crippen LogP contribution in [0.4, 0.5) is 17.2 Å². The predicted molar refractivity (Wildman–Crippen MR) is 152 cm³/mol. The van der Waals surface area contributed by atoms with Gasteiger partial charge in [-0.3, -0.25) is 14.7 Å². The molecule has 36 heavy (non-hydrogen) atoms. The lowest BCUT2D eigenvalue weighted by Crippen LogP contribution is -2.22. The Morgan fingerprint density at radius 3 is 2.31 bits per heavy atom. The van der Waals surface area contributed by atoms with Gasteiger partial charge in [0, 0.05) is 22.7 Å². The molecule has 10 heteroatoms. The van der Waals surface area contributed by atoms with Crippen LogP contribution < -0.4 is 16.2 Å². The van der Waals surface area contributed by atoms with Gasteiger partial charge in [-0.2, -0.15) is 0 Å². The van der Waals surface area contributed by atoms with Gasteiger partial charge in [-0.05, 0) is 43.2 Å². The van der Waals surface area contributed by atoms with Crippen LogP contribution in [0.5, 0.6) is 0 Å². The molecule has 1 amide bonds. The van der Waals surface area contributed by atoms with E-state index in [9.17, 15) is 9.59 Å². The highest BCUT2D eigenvalue weighted by Gasteiger charge is 2.18. The van der Waals surface area contributed by atoms with Gasteiger partial charge < -0.3 is 10.6 Å². The average Bonchev–Trinajstić information content (AvgIpc) is 3.17. The lowest BCUT2D eigenvalue weighted by Gasteiger charge is -2.16. The quantitative estimate of drug-likeness (QED) is 0.190. The number of aromatic amines is 1. The van der Waals surface area contributed by atoms with Gasteiger partial charge in [0.1, 0.15) is 11.5 Å². The van der Waals surface area contributed by atoms with Gasteiger partial charge >= 0.3 is 0 Å². The lowest BCUT2D eigenvalue weighted by atomic mass is 9.97. The smallest absolute Gasteiger partial charge is 0.273 e. The van der Waals surface area contributed by atoms with Gasteiger partial charge in [-0.15, -0.1) is 0 Å². The fraction of sp³-hybridized carbons (Fsp3) is 0.385. The molecule has 0 bridgehead atoms. The number of anilines is 3. The van der Waals surface area contributed by atoms with Crippen LogP contribution in [-0.4, -0.2) is 15.7 Å². The largest absolute Gasteiger partial charge is 0.339 e. The fourth-order valence-electron chi connectivity index (χ4n) is 3.98.